The van der Waals surface area contributed by atoms with Crippen molar-refractivity contribution >= 4 is 0 Å². The highest BCUT2D eigenvalue weighted by atomic mass is 19.4. The maximum absolute atomic E-state index is 14.5. The molecular weight excluding hydrogens is 545 g/mol. The van der Waals surface area contributed by atoms with Gasteiger partial charge in [-0.05, 0) is 0 Å². The molecule has 22 heteroatoms. The summed E-state index contributed by atoms with van der Waals surface area (Å²) in [5.74, 6) is -78.2. The van der Waals surface area contributed by atoms with E-state index in [1.54, 1.807) is 0 Å². The molecule has 0 bridgehead atoms. The summed E-state index contributed by atoms with van der Waals surface area (Å²) in [6, 6.07) is -8.60. The Morgan fingerprint density at radius 2 is 0.697 bits per heavy atom. The molecule has 0 aliphatic carbocycles. The molecule has 2 unspecified atom stereocenters. The molecule has 0 spiro atoms. The molecule has 196 valence electrons. The van der Waals surface area contributed by atoms with E-state index >= 15 is 0 Å². The van der Waals surface area contributed by atoms with E-state index in [-0.39, 0.29) is 0 Å². The van der Waals surface area contributed by atoms with Gasteiger partial charge < -0.3 is 0 Å². The summed E-state index contributed by atoms with van der Waals surface area (Å²) in [6.45, 7) is 0. The van der Waals surface area contributed by atoms with E-state index in [0.717, 1.165) is 0 Å². The van der Waals surface area contributed by atoms with Gasteiger partial charge in [0, 0.05) is 0 Å². The predicted octanol–water partition coefficient (Wildman–Crippen LogP) is 6.25. The third kappa shape index (κ3) is 2.18. The van der Waals surface area contributed by atoms with Crippen molar-refractivity contribution in [2.75, 3.05) is 0 Å². The quantitative estimate of drug-likeness (QED) is 0.279. The fraction of sp³-hybridized carbons (Fsp3) is 1.00. The fourth-order valence-electron chi connectivity index (χ4n) is 3.09. The molecule has 2 aliphatic rings. The SMILES string of the molecule is FC(F)(F)C(F)(F)C1(F)N2C(F)(F)C(F)(F)C(F)(F)C(F)(F)C2(F)C(F)(F)C(F)(F)C1(F)F. The van der Waals surface area contributed by atoms with Crippen LogP contribution in [0, 0.1) is 0 Å². The lowest BCUT2D eigenvalue weighted by atomic mass is 9.71. The molecule has 2 heterocycles. The van der Waals surface area contributed by atoms with Gasteiger partial charge in [-0.1, -0.05) is 0 Å². The second-order valence-corrected chi connectivity index (χ2v) is 6.64. The van der Waals surface area contributed by atoms with Gasteiger partial charge in [0.05, 0.1) is 0 Å². The molecule has 1 nitrogen and oxygen atoms in total. The van der Waals surface area contributed by atoms with Crippen molar-refractivity contribution < 1.29 is 92.2 Å². The van der Waals surface area contributed by atoms with Gasteiger partial charge >= 0.3 is 65.3 Å². The maximum atomic E-state index is 14.5. The summed E-state index contributed by atoms with van der Waals surface area (Å²) in [5.41, 5.74) is 0. The molecule has 0 N–H and O–H groups in total. The Morgan fingerprint density at radius 3 is 1.00 bits per heavy atom. The van der Waals surface area contributed by atoms with Crippen molar-refractivity contribution in [3.63, 3.8) is 0 Å². The minimum absolute atomic E-state index is 4.98. The van der Waals surface area contributed by atoms with E-state index < -0.39 is 70.2 Å². The lowest BCUT2D eigenvalue weighted by Crippen LogP contribution is -2.98. The minimum Gasteiger partial charge on any atom is -0.212 e. The zero-order chi connectivity index (χ0) is 27.1. The Balaban J connectivity index is 3.31. The summed E-state index contributed by atoms with van der Waals surface area (Å²) in [4.78, 5) is -4.98. The number of hydrogen-bond donors (Lipinski definition) is 0. The topological polar surface area (TPSA) is 3.24 Å². The predicted molar refractivity (Wildman–Crippen MR) is 55.1 cm³/mol. The van der Waals surface area contributed by atoms with Gasteiger partial charge in [-0.15, -0.1) is 4.90 Å². The van der Waals surface area contributed by atoms with Crippen LogP contribution < -0.4 is 0 Å². The van der Waals surface area contributed by atoms with Crippen LogP contribution in [0.3, 0.4) is 0 Å². The molecule has 33 heavy (non-hydrogen) atoms. The van der Waals surface area contributed by atoms with Crippen LogP contribution in [0.15, 0.2) is 0 Å². The van der Waals surface area contributed by atoms with E-state index in [9.17, 15) is 92.2 Å². The van der Waals surface area contributed by atoms with Crippen LogP contribution in [0.2, 0.25) is 0 Å². The molecule has 0 amide bonds. The first-order valence-corrected chi connectivity index (χ1v) is 7.14. The van der Waals surface area contributed by atoms with E-state index in [0.29, 0.717) is 0 Å². The van der Waals surface area contributed by atoms with Crippen LogP contribution in [-0.4, -0.2) is 70.2 Å². The highest BCUT2D eigenvalue weighted by Gasteiger charge is 3.10. The first-order chi connectivity index (χ1) is 13.9. The molecule has 0 aromatic heterocycles. The van der Waals surface area contributed by atoms with E-state index in [1.807, 2.05) is 0 Å². The van der Waals surface area contributed by atoms with Crippen LogP contribution >= 0.6 is 0 Å². The zero-order valence-electron chi connectivity index (χ0n) is 13.9. The number of halogens is 21. The average Bonchev–Trinajstić information content (AvgIpc) is 2.56. The first-order valence-electron chi connectivity index (χ1n) is 7.14. The second kappa shape index (κ2) is 5.82. The van der Waals surface area contributed by atoms with Gasteiger partial charge in [-0.25, -0.2) is 8.78 Å². The Hall–Kier alpha value is -1.51. The summed E-state index contributed by atoms with van der Waals surface area (Å²) in [7, 11) is 0. The summed E-state index contributed by atoms with van der Waals surface area (Å²) >= 11 is 0. The molecule has 2 saturated heterocycles. The smallest absolute Gasteiger partial charge is 0.212 e. The van der Waals surface area contributed by atoms with E-state index in [1.165, 1.54) is 0 Å². The molecule has 0 saturated carbocycles. The van der Waals surface area contributed by atoms with Crippen LogP contribution in [-0.2, 0) is 0 Å². The number of piperidine rings is 2. The molecule has 2 rings (SSSR count). The number of hydrogen-bond acceptors (Lipinski definition) is 1. The molecule has 2 aliphatic heterocycles. The molecular formula is C11F21N. The molecule has 0 aromatic carbocycles. The van der Waals surface area contributed by atoms with Gasteiger partial charge in [0.2, 0.25) is 0 Å². The zero-order valence-corrected chi connectivity index (χ0v) is 13.9. The summed E-state index contributed by atoms with van der Waals surface area (Å²) in [6.07, 6.45) is -8.30. The monoisotopic (exact) mass is 545 g/mol. The standard InChI is InChI=1S/C11F21N/c12-1(13)3(16,17)8(26)5(20,21)2(14,15)6(22,23)11(31,32)33(8)9(27,4(1,18)19)7(24,25)10(28,29)30. The van der Waals surface area contributed by atoms with Crippen molar-refractivity contribution in [1.82, 2.24) is 4.90 Å². The largest absolute Gasteiger partial charge is 0.458 e. The van der Waals surface area contributed by atoms with Gasteiger partial charge in [0.15, 0.2) is 0 Å². The second-order valence-electron chi connectivity index (χ2n) is 6.64. The third-order valence-electron chi connectivity index (χ3n) is 4.87. The van der Waals surface area contributed by atoms with Crippen molar-refractivity contribution in [1.29, 1.82) is 0 Å². The van der Waals surface area contributed by atoms with Crippen LogP contribution in [0.5, 0.6) is 0 Å². The van der Waals surface area contributed by atoms with Gasteiger partial charge in [0.25, 0.3) is 0 Å². The third-order valence-corrected chi connectivity index (χ3v) is 4.87. The number of rotatable bonds is 1. The van der Waals surface area contributed by atoms with E-state index in [4.69, 9.17) is 0 Å². The summed E-state index contributed by atoms with van der Waals surface area (Å²) < 4.78 is 284. The van der Waals surface area contributed by atoms with Crippen molar-refractivity contribution in [2.24, 2.45) is 0 Å². The lowest BCUT2D eigenvalue weighted by molar-refractivity contribution is -0.595. The van der Waals surface area contributed by atoms with Gasteiger partial charge in [-0.3, -0.25) is 0 Å². The molecule has 0 aromatic rings. The average molecular weight is 545 g/mol. The van der Waals surface area contributed by atoms with Crippen LogP contribution in [0.1, 0.15) is 0 Å². The van der Waals surface area contributed by atoms with Gasteiger partial charge in [0.1, 0.15) is 0 Å². The normalized spacial score (nSPS) is 38.5. The molecule has 2 fully saturated rings. The Morgan fingerprint density at radius 1 is 0.394 bits per heavy atom. The van der Waals surface area contributed by atoms with Crippen molar-refractivity contribution in [3.8, 4) is 0 Å². The highest BCUT2D eigenvalue weighted by Crippen LogP contribution is 2.77. The van der Waals surface area contributed by atoms with E-state index in [2.05, 4.69) is 0 Å². The lowest BCUT2D eigenvalue weighted by Gasteiger charge is -2.65. The number of fused-ring (bicyclic) bond motifs is 1. The Bertz CT molecular complexity index is 828. The Labute approximate surface area is 164 Å². The molecule has 0 radical (unpaired) electrons. The van der Waals surface area contributed by atoms with Gasteiger partial charge in [-0.2, -0.15) is 83.4 Å². The Kier molecular flexibility index (Phi) is 4.89. The summed E-state index contributed by atoms with van der Waals surface area (Å²) in [5, 5.41) is 0. The highest BCUT2D eigenvalue weighted by molar-refractivity contribution is 5.33. The maximum Gasteiger partial charge on any atom is 0.458 e. The fourth-order valence-corrected chi connectivity index (χ4v) is 3.09. The van der Waals surface area contributed by atoms with Crippen LogP contribution in [0.4, 0.5) is 92.2 Å². The molecule has 2 atom stereocenters. The number of alkyl halides is 21. The number of nitrogens with zero attached hydrogens (tertiary/aromatic N) is 1. The van der Waals surface area contributed by atoms with Crippen LogP contribution in [0.25, 0.3) is 0 Å². The minimum atomic E-state index is -8.99. The van der Waals surface area contributed by atoms with Crippen molar-refractivity contribution in [3.05, 3.63) is 0 Å². The first kappa shape index (κ1) is 27.7. The van der Waals surface area contributed by atoms with Crippen molar-refractivity contribution in [2.45, 2.75) is 65.3 Å².